The van der Waals surface area contributed by atoms with Crippen LogP contribution < -0.4 is 14.4 Å². The molecule has 1 aromatic carbocycles. The Bertz CT molecular complexity index is 1580. The van der Waals surface area contributed by atoms with Crippen molar-refractivity contribution >= 4 is 28.3 Å². The van der Waals surface area contributed by atoms with Gasteiger partial charge in [-0.1, -0.05) is 11.6 Å². The van der Waals surface area contributed by atoms with Crippen molar-refractivity contribution in [3.05, 3.63) is 28.5 Å². The SMILES string of the molecule is OC[C@H](N1CCOc2nc(-c3cc(O)cc(Cl)c3C3CC3)c(F)c3nc(OCC45CCCN4CCC5)nc1c23)C(F)(F)F. The van der Waals surface area contributed by atoms with Gasteiger partial charge in [-0.2, -0.15) is 23.1 Å². The monoisotopic (exact) mass is 623 g/mol. The van der Waals surface area contributed by atoms with Crippen LogP contribution >= 0.6 is 11.6 Å². The van der Waals surface area contributed by atoms with Crippen LogP contribution in [0.2, 0.25) is 5.02 Å². The van der Waals surface area contributed by atoms with Crippen LogP contribution in [0.5, 0.6) is 17.6 Å². The molecule has 7 rings (SSSR count). The second-order valence-electron chi connectivity index (χ2n) is 11.8. The molecule has 0 amide bonds. The van der Waals surface area contributed by atoms with Gasteiger partial charge in [-0.05, 0) is 75.2 Å². The van der Waals surface area contributed by atoms with Crippen molar-refractivity contribution in [2.75, 3.05) is 44.4 Å². The van der Waals surface area contributed by atoms with Gasteiger partial charge < -0.3 is 24.6 Å². The van der Waals surface area contributed by atoms with Gasteiger partial charge in [0.05, 0.1) is 18.7 Å². The molecule has 230 valence electrons. The Hall–Kier alpha value is -3.16. The van der Waals surface area contributed by atoms with E-state index < -0.39 is 24.6 Å². The summed E-state index contributed by atoms with van der Waals surface area (Å²) in [6, 6.07) is 0.139. The molecule has 14 heteroatoms. The van der Waals surface area contributed by atoms with Crippen LogP contribution in [-0.4, -0.2) is 87.3 Å². The number of hydrogen-bond donors (Lipinski definition) is 2. The number of pyridine rings is 1. The van der Waals surface area contributed by atoms with Gasteiger partial charge in [0, 0.05) is 10.6 Å². The topological polar surface area (TPSA) is 104 Å². The smallest absolute Gasteiger partial charge is 0.411 e. The predicted molar refractivity (Wildman–Crippen MR) is 149 cm³/mol. The lowest BCUT2D eigenvalue weighted by Crippen LogP contribution is -2.50. The molecule has 4 aliphatic rings. The summed E-state index contributed by atoms with van der Waals surface area (Å²) in [5.74, 6) is -1.52. The zero-order valence-electron chi connectivity index (χ0n) is 23.1. The van der Waals surface area contributed by atoms with Crippen molar-refractivity contribution in [2.45, 2.75) is 62.2 Å². The molecular formula is C29H30ClF4N5O4. The number of anilines is 1. The summed E-state index contributed by atoms with van der Waals surface area (Å²) >= 11 is 6.48. The van der Waals surface area contributed by atoms with Crippen LogP contribution in [0.1, 0.15) is 50.0 Å². The number of aromatic nitrogens is 3. The zero-order chi connectivity index (χ0) is 30.1. The first-order valence-electron chi connectivity index (χ1n) is 14.5. The van der Waals surface area contributed by atoms with Gasteiger partial charge in [0.2, 0.25) is 5.88 Å². The standard InChI is InChI=1S/C29H30ClF4N5O4/c30-18-12-16(41)11-17(20(18)15-3-4-15)23-22(31)24-21-25(39(9-10-42-26(21)35-23)19(13-40)29(32,33)34)37-27(36-24)43-14-28-5-1-7-38(28)8-2-6-28/h11-12,15,19,40-41H,1-10,13-14H2/t19-/m0/s1. The van der Waals surface area contributed by atoms with Crippen molar-refractivity contribution in [3.8, 4) is 28.9 Å². The minimum Gasteiger partial charge on any atom is -0.508 e. The first kappa shape index (κ1) is 28.6. The van der Waals surface area contributed by atoms with Crippen LogP contribution in [0.15, 0.2) is 12.1 Å². The summed E-state index contributed by atoms with van der Waals surface area (Å²) < 4.78 is 70.8. The third-order valence-electron chi connectivity index (χ3n) is 9.12. The van der Waals surface area contributed by atoms with E-state index in [1.165, 1.54) is 12.1 Å². The summed E-state index contributed by atoms with van der Waals surface area (Å²) in [7, 11) is 0. The highest BCUT2D eigenvalue weighted by Crippen LogP contribution is 2.50. The maximum Gasteiger partial charge on any atom is 0.411 e. The average molecular weight is 624 g/mol. The van der Waals surface area contributed by atoms with Gasteiger partial charge in [-0.15, -0.1) is 0 Å². The third-order valence-corrected chi connectivity index (χ3v) is 9.43. The van der Waals surface area contributed by atoms with E-state index in [0.29, 0.717) is 5.56 Å². The van der Waals surface area contributed by atoms with E-state index >= 15 is 4.39 Å². The lowest BCUT2D eigenvalue weighted by Gasteiger charge is -2.33. The number of fused-ring (bicyclic) bond motifs is 1. The number of alkyl halides is 3. The van der Waals surface area contributed by atoms with Crippen LogP contribution in [-0.2, 0) is 0 Å². The van der Waals surface area contributed by atoms with Gasteiger partial charge in [-0.25, -0.2) is 9.37 Å². The Balaban J connectivity index is 1.42. The molecule has 0 spiro atoms. The molecule has 2 aromatic heterocycles. The average Bonchev–Trinajstić information content (AvgIpc) is 3.62. The second kappa shape index (κ2) is 10.5. The Kier molecular flexibility index (Phi) is 6.97. The highest BCUT2D eigenvalue weighted by molar-refractivity contribution is 6.32. The van der Waals surface area contributed by atoms with Crippen molar-refractivity contribution in [3.63, 3.8) is 0 Å². The number of phenolic OH excluding ortho intramolecular Hbond substituents is 1. The molecule has 0 unspecified atom stereocenters. The van der Waals surface area contributed by atoms with Crippen molar-refractivity contribution in [1.29, 1.82) is 0 Å². The molecule has 0 bridgehead atoms. The summed E-state index contributed by atoms with van der Waals surface area (Å²) in [6.07, 6.45) is 0.651. The van der Waals surface area contributed by atoms with E-state index in [2.05, 4.69) is 19.9 Å². The zero-order valence-corrected chi connectivity index (χ0v) is 23.9. The molecule has 3 aromatic rings. The number of benzene rings is 1. The van der Waals surface area contributed by atoms with Gasteiger partial charge in [-0.3, -0.25) is 4.90 Å². The number of hydrogen-bond acceptors (Lipinski definition) is 9. The number of rotatable bonds is 7. The largest absolute Gasteiger partial charge is 0.508 e. The van der Waals surface area contributed by atoms with Gasteiger partial charge in [0.25, 0.3) is 0 Å². The molecule has 43 heavy (non-hydrogen) atoms. The van der Waals surface area contributed by atoms with Crippen molar-refractivity contribution in [2.24, 2.45) is 0 Å². The Morgan fingerprint density at radius 1 is 1.12 bits per heavy atom. The fourth-order valence-corrected chi connectivity index (χ4v) is 7.30. The molecule has 3 aliphatic heterocycles. The first-order valence-corrected chi connectivity index (χ1v) is 14.9. The van der Waals surface area contributed by atoms with Gasteiger partial charge >= 0.3 is 12.2 Å². The molecule has 2 N–H and O–H groups in total. The van der Waals surface area contributed by atoms with Gasteiger partial charge in [0.1, 0.15) is 47.4 Å². The fourth-order valence-electron chi connectivity index (χ4n) is 6.93. The minimum absolute atomic E-state index is 0.0486. The quantitative estimate of drug-likeness (QED) is 0.344. The number of halogens is 5. The Morgan fingerprint density at radius 2 is 1.86 bits per heavy atom. The molecule has 3 fully saturated rings. The lowest BCUT2D eigenvalue weighted by atomic mass is 9.95. The van der Waals surface area contributed by atoms with Crippen molar-refractivity contribution < 1.29 is 37.2 Å². The molecule has 0 radical (unpaired) electrons. The molecular weight excluding hydrogens is 594 g/mol. The number of phenols is 1. The van der Waals surface area contributed by atoms with E-state index in [0.717, 1.165) is 56.5 Å². The summed E-state index contributed by atoms with van der Waals surface area (Å²) in [5.41, 5.74) is 0.124. The number of nitrogens with zero attached hydrogens (tertiary/aromatic N) is 5. The Labute approximate surface area is 249 Å². The molecule has 1 aliphatic carbocycles. The lowest BCUT2D eigenvalue weighted by molar-refractivity contribution is -0.156. The summed E-state index contributed by atoms with van der Waals surface area (Å²) in [6.45, 7) is 0.264. The van der Waals surface area contributed by atoms with Crippen LogP contribution in [0, 0.1) is 5.82 Å². The van der Waals surface area contributed by atoms with E-state index in [1.807, 2.05) is 0 Å². The molecule has 1 atom stereocenters. The van der Waals surface area contributed by atoms with E-state index in [9.17, 15) is 23.4 Å². The van der Waals surface area contributed by atoms with E-state index in [4.69, 9.17) is 21.1 Å². The van der Waals surface area contributed by atoms with E-state index in [-0.39, 0.29) is 81.9 Å². The Morgan fingerprint density at radius 3 is 2.53 bits per heavy atom. The molecule has 1 saturated carbocycles. The van der Waals surface area contributed by atoms with Crippen LogP contribution in [0.3, 0.4) is 0 Å². The summed E-state index contributed by atoms with van der Waals surface area (Å²) in [4.78, 5) is 16.4. The molecule has 9 nitrogen and oxygen atoms in total. The van der Waals surface area contributed by atoms with Crippen LogP contribution in [0.25, 0.3) is 22.2 Å². The van der Waals surface area contributed by atoms with E-state index in [1.54, 1.807) is 0 Å². The van der Waals surface area contributed by atoms with Gasteiger partial charge in [0.15, 0.2) is 5.82 Å². The summed E-state index contributed by atoms with van der Waals surface area (Å²) in [5, 5.41) is 20.3. The maximum absolute atomic E-state index is 16.6. The number of aliphatic hydroxyl groups excluding tert-OH is 1. The normalized spacial score (nSPS) is 20.7. The number of aliphatic hydroxyl groups is 1. The highest BCUT2D eigenvalue weighted by atomic mass is 35.5. The second-order valence-corrected chi connectivity index (χ2v) is 12.2. The number of aromatic hydroxyl groups is 1. The van der Waals surface area contributed by atoms with Crippen molar-refractivity contribution in [1.82, 2.24) is 19.9 Å². The number of ether oxygens (including phenoxy) is 2. The molecule has 2 saturated heterocycles. The minimum atomic E-state index is -4.83. The maximum atomic E-state index is 16.6. The fraction of sp³-hybridized carbons (Fsp3) is 0.552. The molecule has 5 heterocycles. The predicted octanol–water partition coefficient (Wildman–Crippen LogP) is 5.20. The third kappa shape index (κ3) is 4.89. The van der Waals surface area contributed by atoms with Crippen LogP contribution in [0.4, 0.5) is 23.4 Å². The first-order chi connectivity index (χ1) is 20.6. The highest BCUT2D eigenvalue weighted by Gasteiger charge is 2.47.